The lowest BCUT2D eigenvalue weighted by Crippen LogP contribution is -2.02. The monoisotopic (exact) mass is 614 g/mol. The van der Waals surface area contributed by atoms with Crippen LogP contribution in [0, 0.1) is 0 Å². The molecule has 0 spiro atoms. The normalized spacial score (nSPS) is 11.8. The molecule has 0 unspecified atom stereocenters. The van der Waals surface area contributed by atoms with Crippen LogP contribution in [0.25, 0.3) is 94.4 Å². The number of hydrogen-bond donors (Lipinski definition) is 0. The van der Waals surface area contributed by atoms with Crippen LogP contribution < -0.4 is 0 Å². The Morgan fingerprint density at radius 1 is 0.375 bits per heavy atom. The van der Waals surface area contributed by atoms with E-state index in [2.05, 4.69) is 102 Å². The van der Waals surface area contributed by atoms with Gasteiger partial charge in [0.1, 0.15) is 11.2 Å². The molecule has 0 aliphatic carbocycles. The molecule has 0 saturated heterocycles. The fourth-order valence-electron chi connectivity index (χ4n) is 7.15. The van der Waals surface area contributed by atoms with Crippen molar-refractivity contribution in [3.8, 4) is 39.9 Å². The van der Waals surface area contributed by atoms with E-state index in [9.17, 15) is 0 Å². The second-order valence-corrected chi connectivity index (χ2v) is 12.0. The second kappa shape index (κ2) is 10.5. The highest BCUT2D eigenvalue weighted by Crippen LogP contribution is 2.39. The summed E-state index contributed by atoms with van der Waals surface area (Å²) in [6.45, 7) is 0. The van der Waals surface area contributed by atoms with Crippen LogP contribution in [0.15, 0.2) is 162 Å². The smallest absolute Gasteiger partial charge is 0.164 e. The van der Waals surface area contributed by atoms with Crippen molar-refractivity contribution in [1.82, 2.24) is 19.5 Å². The summed E-state index contributed by atoms with van der Waals surface area (Å²) in [6, 6.07) is 54.4. The summed E-state index contributed by atoms with van der Waals surface area (Å²) in [5.41, 5.74) is 7.88. The Bertz CT molecular complexity index is 2800. The number of benzene rings is 7. The quantitative estimate of drug-likeness (QED) is 0.198. The first kappa shape index (κ1) is 26.6. The van der Waals surface area contributed by atoms with Gasteiger partial charge in [-0.25, -0.2) is 15.0 Å². The third-order valence-electron chi connectivity index (χ3n) is 9.27. The van der Waals surface area contributed by atoms with Crippen LogP contribution in [0.2, 0.25) is 0 Å². The van der Waals surface area contributed by atoms with Gasteiger partial charge in [0.15, 0.2) is 17.5 Å². The number of nitrogens with zero attached hydrogens (tertiary/aromatic N) is 4. The Balaban J connectivity index is 1.25. The molecule has 0 fully saturated rings. The number of furan rings is 1. The van der Waals surface area contributed by atoms with Crippen molar-refractivity contribution in [3.63, 3.8) is 0 Å². The van der Waals surface area contributed by atoms with Crippen LogP contribution in [-0.4, -0.2) is 19.5 Å². The fourth-order valence-corrected chi connectivity index (χ4v) is 7.15. The third kappa shape index (κ3) is 4.01. The fraction of sp³-hybridized carbons (Fsp3) is 0. The molecule has 0 amide bonds. The van der Waals surface area contributed by atoms with E-state index >= 15 is 0 Å². The zero-order valence-corrected chi connectivity index (χ0v) is 25.7. The van der Waals surface area contributed by atoms with Crippen LogP contribution in [0.4, 0.5) is 0 Å². The first-order chi connectivity index (χ1) is 23.8. The van der Waals surface area contributed by atoms with Crippen molar-refractivity contribution < 1.29 is 4.42 Å². The van der Waals surface area contributed by atoms with Crippen LogP contribution in [0.5, 0.6) is 0 Å². The summed E-state index contributed by atoms with van der Waals surface area (Å²) in [6.07, 6.45) is 0. The standard InChI is InChI=1S/C43H26N4O/c1-2-13-27(14-3-1)41-44-42(46-43(45-41)34-20-12-24-39-40(34)33-19-8-11-23-38(33)48-39)32-25-26-37(29-16-5-4-15-28(29)32)47-35-21-9-6-17-30(35)31-18-7-10-22-36(31)47/h1-26H. The summed E-state index contributed by atoms with van der Waals surface area (Å²) < 4.78 is 8.61. The van der Waals surface area contributed by atoms with E-state index in [4.69, 9.17) is 19.4 Å². The molecule has 224 valence electrons. The van der Waals surface area contributed by atoms with Crippen molar-refractivity contribution in [3.05, 3.63) is 158 Å². The van der Waals surface area contributed by atoms with Crippen LogP contribution in [0.3, 0.4) is 0 Å². The van der Waals surface area contributed by atoms with Crippen LogP contribution in [0.1, 0.15) is 0 Å². The maximum absolute atomic E-state index is 6.24. The molecule has 7 aromatic carbocycles. The number of para-hydroxylation sites is 3. The summed E-state index contributed by atoms with van der Waals surface area (Å²) in [7, 11) is 0. The minimum absolute atomic E-state index is 0.603. The third-order valence-corrected chi connectivity index (χ3v) is 9.27. The highest BCUT2D eigenvalue weighted by atomic mass is 16.3. The van der Waals surface area contributed by atoms with Crippen molar-refractivity contribution in [1.29, 1.82) is 0 Å². The first-order valence-electron chi connectivity index (χ1n) is 16.0. The summed E-state index contributed by atoms with van der Waals surface area (Å²) >= 11 is 0. The molecule has 0 radical (unpaired) electrons. The van der Waals surface area contributed by atoms with E-state index in [0.29, 0.717) is 17.5 Å². The SMILES string of the molecule is c1ccc(-c2nc(-c3ccc(-n4c5ccccc5c5ccccc54)c4ccccc34)nc(-c3cccc4oc5ccccc5c34)n2)cc1. The van der Waals surface area contributed by atoms with Gasteiger partial charge in [0.2, 0.25) is 0 Å². The minimum atomic E-state index is 0.603. The molecule has 10 rings (SSSR count). The van der Waals surface area contributed by atoms with Gasteiger partial charge >= 0.3 is 0 Å². The Morgan fingerprint density at radius 3 is 1.69 bits per heavy atom. The van der Waals surface area contributed by atoms with Gasteiger partial charge in [0.05, 0.1) is 16.7 Å². The molecule has 48 heavy (non-hydrogen) atoms. The van der Waals surface area contributed by atoms with Gasteiger partial charge in [0, 0.05) is 43.6 Å². The molecule has 0 saturated carbocycles. The van der Waals surface area contributed by atoms with Crippen molar-refractivity contribution in [2.45, 2.75) is 0 Å². The molecule has 0 N–H and O–H groups in total. The maximum atomic E-state index is 6.24. The van der Waals surface area contributed by atoms with E-state index < -0.39 is 0 Å². The van der Waals surface area contributed by atoms with E-state index in [1.807, 2.05) is 60.7 Å². The second-order valence-electron chi connectivity index (χ2n) is 12.0. The predicted octanol–water partition coefficient (Wildman–Crippen LogP) is 11.0. The molecule has 10 aromatic rings. The minimum Gasteiger partial charge on any atom is -0.456 e. The Morgan fingerprint density at radius 2 is 0.938 bits per heavy atom. The number of fused-ring (bicyclic) bond motifs is 7. The molecule has 0 bridgehead atoms. The van der Waals surface area contributed by atoms with Gasteiger partial charge in [-0.05, 0) is 41.8 Å². The summed E-state index contributed by atoms with van der Waals surface area (Å²) in [5.74, 6) is 1.84. The van der Waals surface area contributed by atoms with E-state index in [-0.39, 0.29) is 0 Å². The average Bonchev–Trinajstić information content (AvgIpc) is 3.71. The lowest BCUT2D eigenvalue weighted by atomic mass is 10.0. The molecule has 5 nitrogen and oxygen atoms in total. The number of rotatable bonds is 4. The van der Waals surface area contributed by atoms with E-state index in [1.165, 1.54) is 21.8 Å². The zero-order chi connectivity index (χ0) is 31.6. The summed E-state index contributed by atoms with van der Waals surface area (Å²) in [5, 5.41) is 6.68. The van der Waals surface area contributed by atoms with Gasteiger partial charge in [-0.15, -0.1) is 0 Å². The van der Waals surface area contributed by atoms with Crippen LogP contribution in [-0.2, 0) is 0 Å². The Hall–Kier alpha value is -6.59. The first-order valence-corrected chi connectivity index (χ1v) is 16.0. The Labute approximate surface area is 275 Å². The highest BCUT2D eigenvalue weighted by Gasteiger charge is 2.20. The highest BCUT2D eigenvalue weighted by molar-refractivity contribution is 6.13. The van der Waals surface area contributed by atoms with Gasteiger partial charge in [0.25, 0.3) is 0 Å². The van der Waals surface area contributed by atoms with Crippen molar-refractivity contribution in [2.75, 3.05) is 0 Å². The van der Waals surface area contributed by atoms with Gasteiger partial charge in [-0.2, -0.15) is 0 Å². The lowest BCUT2D eigenvalue weighted by Gasteiger charge is -2.15. The van der Waals surface area contributed by atoms with Crippen molar-refractivity contribution >= 4 is 54.5 Å². The lowest BCUT2D eigenvalue weighted by molar-refractivity contribution is 0.669. The molecule has 3 heterocycles. The summed E-state index contributed by atoms with van der Waals surface area (Å²) in [4.78, 5) is 15.4. The predicted molar refractivity (Wildman–Crippen MR) is 195 cm³/mol. The average molecular weight is 615 g/mol. The van der Waals surface area contributed by atoms with Gasteiger partial charge < -0.3 is 8.98 Å². The van der Waals surface area contributed by atoms with E-state index in [1.54, 1.807) is 0 Å². The van der Waals surface area contributed by atoms with Gasteiger partial charge in [-0.3, -0.25) is 0 Å². The molecular formula is C43H26N4O. The maximum Gasteiger partial charge on any atom is 0.164 e. The Kier molecular flexibility index (Phi) is 5.81. The largest absolute Gasteiger partial charge is 0.456 e. The van der Waals surface area contributed by atoms with Crippen LogP contribution >= 0.6 is 0 Å². The molecule has 0 atom stereocenters. The number of aromatic nitrogens is 4. The molecule has 5 heteroatoms. The molecule has 0 aliphatic rings. The zero-order valence-electron chi connectivity index (χ0n) is 25.7. The van der Waals surface area contributed by atoms with Gasteiger partial charge in [-0.1, -0.05) is 121 Å². The number of hydrogen-bond acceptors (Lipinski definition) is 4. The van der Waals surface area contributed by atoms with E-state index in [0.717, 1.165) is 55.1 Å². The topological polar surface area (TPSA) is 56.7 Å². The molecule has 0 aliphatic heterocycles. The van der Waals surface area contributed by atoms with Crippen molar-refractivity contribution in [2.24, 2.45) is 0 Å². The molecule has 3 aromatic heterocycles. The molecular weight excluding hydrogens is 589 g/mol.